The highest BCUT2D eigenvalue weighted by atomic mass is 35.5. The van der Waals surface area contributed by atoms with Crippen LogP contribution in [-0.2, 0) is 6.42 Å². The van der Waals surface area contributed by atoms with Crippen molar-refractivity contribution < 1.29 is 14.9 Å². The lowest BCUT2D eigenvalue weighted by Crippen LogP contribution is -2.43. The van der Waals surface area contributed by atoms with Crippen LogP contribution < -0.4 is 9.64 Å². The fourth-order valence-electron chi connectivity index (χ4n) is 5.32. The smallest absolute Gasteiger partial charge is 0.142 e. The summed E-state index contributed by atoms with van der Waals surface area (Å²) >= 11 is 6.33. The van der Waals surface area contributed by atoms with E-state index in [9.17, 15) is 10.2 Å². The summed E-state index contributed by atoms with van der Waals surface area (Å²) in [5.74, 6) is 1.71. The molecule has 4 nitrogen and oxygen atoms in total. The number of nitrogens with zero attached hydrogens (tertiary/aromatic N) is 1. The maximum absolute atomic E-state index is 10.4. The maximum Gasteiger partial charge on any atom is 0.142 e. The van der Waals surface area contributed by atoms with Crippen LogP contribution in [0.4, 0.5) is 5.69 Å². The molecule has 4 rings (SSSR count). The molecule has 2 N–H and O–H groups in total. The summed E-state index contributed by atoms with van der Waals surface area (Å²) in [7, 11) is 0. The van der Waals surface area contributed by atoms with Crippen molar-refractivity contribution in [1.29, 1.82) is 0 Å². The third-order valence-electron chi connectivity index (χ3n) is 7.36. The van der Waals surface area contributed by atoms with Gasteiger partial charge in [-0.15, -0.1) is 6.58 Å². The Kier molecular flexibility index (Phi) is 7.68. The van der Waals surface area contributed by atoms with Gasteiger partial charge in [-0.1, -0.05) is 43.2 Å². The highest BCUT2D eigenvalue weighted by Crippen LogP contribution is 2.42. The molecule has 2 aromatic carbocycles. The van der Waals surface area contributed by atoms with Gasteiger partial charge in [-0.25, -0.2) is 0 Å². The maximum atomic E-state index is 10.4. The largest absolute Gasteiger partial charge is 0.491 e. The van der Waals surface area contributed by atoms with E-state index >= 15 is 0 Å². The predicted octanol–water partition coefficient (Wildman–Crippen LogP) is 5.90. The Morgan fingerprint density at radius 3 is 2.70 bits per heavy atom. The Morgan fingerprint density at radius 1 is 1.21 bits per heavy atom. The van der Waals surface area contributed by atoms with Crippen LogP contribution in [0.15, 0.2) is 49.1 Å². The van der Waals surface area contributed by atoms with Crippen molar-refractivity contribution in [3.63, 3.8) is 0 Å². The fourth-order valence-corrected chi connectivity index (χ4v) is 5.51. The molecule has 5 atom stereocenters. The van der Waals surface area contributed by atoms with Gasteiger partial charge >= 0.3 is 0 Å². The Balaban J connectivity index is 1.68. The first kappa shape index (κ1) is 24.1. The number of fused-ring (bicyclic) bond motifs is 1. The first-order valence-electron chi connectivity index (χ1n) is 12.2. The lowest BCUT2D eigenvalue weighted by atomic mass is 9.70. The van der Waals surface area contributed by atoms with Crippen LogP contribution in [0, 0.1) is 11.8 Å². The number of aliphatic hydroxyl groups is 2. The van der Waals surface area contributed by atoms with Crippen LogP contribution in [0.5, 0.6) is 5.75 Å². The average molecular weight is 470 g/mol. The third-order valence-corrected chi connectivity index (χ3v) is 7.60. The predicted molar refractivity (Wildman–Crippen MR) is 135 cm³/mol. The van der Waals surface area contributed by atoms with E-state index < -0.39 is 12.2 Å². The van der Waals surface area contributed by atoms with Gasteiger partial charge < -0.3 is 19.8 Å². The van der Waals surface area contributed by atoms with Crippen molar-refractivity contribution in [3.05, 3.63) is 70.8 Å². The molecule has 5 heteroatoms. The second-order valence-corrected chi connectivity index (χ2v) is 10.1. The molecular formula is C28H36ClNO3. The van der Waals surface area contributed by atoms with E-state index in [4.69, 9.17) is 16.3 Å². The summed E-state index contributed by atoms with van der Waals surface area (Å²) in [6, 6.07) is 12.2. The van der Waals surface area contributed by atoms with Crippen LogP contribution >= 0.6 is 11.6 Å². The number of hydrogen-bond acceptors (Lipinski definition) is 4. The minimum absolute atomic E-state index is 0.203. The minimum Gasteiger partial charge on any atom is -0.491 e. The SMILES string of the molecule is C=CC(O)C1CCC1CN1CC(c2ccc(Cl)cc2CCC)COc2ccc(C(C)O)cc21. The molecular weight excluding hydrogens is 434 g/mol. The Bertz CT molecular complexity index is 976. The van der Waals surface area contributed by atoms with E-state index in [2.05, 4.69) is 36.6 Å². The number of hydrogen-bond donors (Lipinski definition) is 2. The van der Waals surface area contributed by atoms with Gasteiger partial charge in [0, 0.05) is 24.0 Å². The molecule has 0 aromatic heterocycles. The molecule has 2 aromatic rings. The van der Waals surface area contributed by atoms with Gasteiger partial charge in [0.15, 0.2) is 0 Å². The molecule has 1 heterocycles. The van der Waals surface area contributed by atoms with Crippen molar-refractivity contribution in [2.24, 2.45) is 11.8 Å². The first-order valence-corrected chi connectivity index (χ1v) is 12.6. The lowest BCUT2D eigenvalue weighted by molar-refractivity contribution is 0.0465. The molecule has 1 fully saturated rings. The summed E-state index contributed by atoms with van der Waals surface area (Å²) in [5, 5.41) is 21.4. The monoisotopic (exact) mass is 469 g/mol. The topological polar surface area (TPSA) is 52.9 Å². The number of anilines is 1. The van der Waals surface area contributed by atoms with Gasteiger partial charge in [-0.2, -0.15) is 0 Å². The van der Waals surface area contributed by atoms with Gasteiger partial charge in [0.1, 0.15) is 5.75 Å². The number of rotatable bonds is 8. The van der Waals surface area contributed by atoms with Gasteiger partial charge in [0.2, 0.25) is 0 Å². The number of ether oxygens (including phenoxy) is 1. The van der Waals surface area contributed by atoms with Crippen molar-refractivity contribution in [2.75, 3.05) is 24.6 Å². The number of aryl methyl sites for hydroxylation is 1. The van der Waals surface area contributed by atoms with E-state index in [0.717, 1.165) is 60.8 Å². The quantitative estimate of drug-likeness (QED) is 0.472. The summed E-state index contributed by atoms with van der Waals surface area (Å²) in [5.41, 5.74) is 4.50. The van der Waals surface area contributed by atoms with E-state index in [1.54, 1.807) is 13.0 Å². The van der Waals surface area contributed by atoms with Crippen LogP contribution in [0.1, 0.15) is 61.8 Å². The van der Waals surface area contributed by atoms with E-state index in [1.807, 2.05) is 18.2 Å². The van der Waals surface area contributed by atoms with E-state index in [1.165, 1.54) is 11.1 Å². The number of halogens is 1. The van der Waals surface area contributed by atoms with Crippen molar-refractivity contribution >= 4 is 17.3 Å². The van der Waals surface area contributed by atoms with E-state index in [-0.39, 0.29) is 11.8 Å². The summed E-state index contributed by atoms with van der Waals surface area (Å²) < 4.78 is 6.35. The molecule has 0 radical (unpaired) electrons. The molecule has 0 bridgehead atoms. The highest BCUT2D eigenvalue weighted by molar-refractivity contribution is 6.30. The number of benzene rings is 2. The van der Waals surface area contributed by atoms with Crippen LogP contribution in [0.3, 0.4) is 0 Å². The Labute approximate surface area is 202 Å². The van der Waals surface area contributed by atoms with Crippen LogP contribution in [0.25, 0.3) is 0 Å². The Hall–Kier alpha value is -2.01. The highest BCUT2D eigenvalue weighted by Gasteiger charge is 2.37. The summed E-state index contributed by atoms with van der Waals surface area (Å²) in [6.45, 7) is 10.0. The first-order chi connectivity index (χ1) is 15.9. The average Bonchev–Trinajstić information content (AvgIpc) is 2.96. The van der Waals surface area contributed by atoms with Gasteiger partial charge in [0.05, 0.1) is 24.5 Å². The molecule has 33 heavy (non-hydrogen) atoms. The molecule has 1 aliphatic carbocycles. The van der Waals surface area contributed by atoms with Crippen LogP contribution in [0.2, 0.25) is 5.02 Å². The zero-order valence-corrected chi connectivity index (χ0v) is 20.5. The fraction of sp³-hybridized carbons (Fsp3) is 0.500. The second-order valence-electron chi connectivity index (χ2n) is 9.64. The standard InChI is InChI=1S/C28H36ClNO3/c1-4-6-20-13-23(29)9-11-24(20)22-16-30(15-21-7-10-25(21)27(32)5-2)26-14-19(18(3)31)8-12-28(26)33-17-22/h5,8-9,11-14,18,21-22,25,27,31-32H,2,4,6-7,10,15-17H2,1,3H3. The molecule has 0 amide bonds. The van der Waals surface area contributed by atoms with Crippen molar-refractivity contribution in [3.8, 4) is 5.75 Å². The summed E-state index contributed by atoms with van der Waals surface area (Å²) in [6.07, 6.45) is 4.85. The molecule has 178 valence electrons. The van der Waals surface area contributed by atoms with Crippen LogP contribution in [-0.4, -0.2) is 36.0 Å². The van der Waals surface area contributed by atoms with Crippen molar-refractivity contribution in [1.82, 2.24) is 0 Å². The molecule has 0 spiro atoms. The zero-order valence-electron chi connectivity index (χ0n) is 19.7. The molecule has 1 aliphatic heterocycles. The molecule has 0 saturated heterocycles. The Morgan fingerprint density at radius 2 is 2.03 bits per heavy atom. The minimum atomic E-state index is -0.539. The van der Waals surface area contributed by atoms with Gasteiger partial charge in [-0.05, 0) is 79.0 Å². The molecule has 5 unspecified atom stereocenters. The third kappa shape index (κ3) is 5.24. The van der Waals surface area contributed by atoms with Crippen molar-refractivity contribution in [2.45, 2.75) is 57.7 Å². The summed E-state index contributed by atoms with van der Waals surface area (Å²) in [4.78, 5) is 2.41. The molecule has 2 aliphatic rings. The van der Waals surface area contributed by atoms with Gasteiger partial charge in [0.25, 0.3) is 0 Å². The normalized spacial score (nSPS) is 24.2. The van der Waals surface area contributed by atoms with E-state index in [0.29, 0.717) is 12.5 Å². The lowest BCUT2D eigenvalue weighted by Gasteiger charge is -2.42. The number of aliphatic hydroxyl groups excluding tert-OH is 2. The zero-order chi connectivity index (χ0) is 23.5. The van der Waals surface area contributed by atoms with Gasteiger partial charge in [-0.3, -0.25) is 0 Å². The second kappa shape index (κ2) is 10.5. The molecule has 1 saturated carbocycles.